The Balaban J connectivity index is 1.97. The van der Waals surface area contributed by atoms with Crippen molar-refractivity contribution < 1.29 is 9.53 Å². The molecule has 0 unspecified atom stereocenters. The van der Waals surface area contributed by atoms with Gasteiger partial charge in [0.15, 0.2) is 0 Å². The van der Waals surface area contributed by atoms with Crippen LogP contribution in [-0.4, -0.2) is 18.7 Å². The van der Waals surface area contributed by atoms with Crippen LogP contribution in [0.3, 0.4) is 0 Å². The van der Waals surface area contributed by atoms with Gasteiger partial charge in [0.2, 0.25) is 0 Å². The summed E-state index contributed by atoms with van der Waals surface area (Å²) in [5.74, 6) is 0.324. The molecule has 0 aromatic heterocycles. The lowest BCUT2D eigenvalue weighted by Gasteiger charge is -2.04. The maximum Gasteiger partial charge on any atom is 0.271 e. The highest BCUT2D eigenvalue weighted by atomic mass is 35.5. The minimum absolute atomic E-state index is 0.338. The van der Waals surface area contributed by atoms with Crippen molar-refractivity contribution in [1.82, 2.24) is 5.43 Å². The number of hydrogen-bond acceptors (Lipinski definition) is 3. The molecule has 0 bridgehead atoms. The third-order valence-corrected chi connectivity index (χ3v) is 3.67. The minimum atomic E-state index is -0.338. The Morgan fingerprint density at radius 2 is 1.96 bits per heavy atom. The summed E-state index contributed by atoms with van der Waals surface area (Å²) in [6, 6.07) is 11.9. The average molecular weight is 349 g/mol. The van der Waals surface area contributed by atoms with Crippen molar-refractivity contribution >= 4 is 35.3 Å². The predicted molar refractivity (Wildman–Crippen MR) is 93.7 cm³/mol. The van der Waals surface area contributed by atoms with Crippen LogP contribution < -0.4 is 10.2 Å². The monoisotopic (exact) mass is 348 g/mol. The SMILES string of the molecule is C=CCOc1ccc(C(=O)N/N=C/c2cccc(Cl)c2Cl)cc1. The molecule has 0 aliphatic carbocycles. The molecule has 2 aromatic rings. The van der Waals surface area contributed by atoms with Crippen LogP contribution in [0.4, 0.5) is 0 Å². The molecule has 0 aliphatic rings. The van der Waals surface area contributed by atoms with Gasteiger partial charge in [-0.3, -0.25) is 4.79 Å². The highest BCUT2D eigenvalue weighted by molar-refractivity contribution is 6.43. The number of nitrogens with zero attached hydrogens (tertiary/aromatic N) is 1. The lowest BCUT2D eigenvalue weighted by Crippen LogP contribution is -2.17. The first-order chi connectivity index (χ1) is 11.1. The molecule has 0 saturated carbocycles. The van der Waals surface area contributed by atoms with Crippen LogP contribution in [0, 0.1) is 0 Å². The number of ether oxygens (including phenoxy) is 1. The fourth-order valence-electron chi connectivity index (χ4n) is 1.70. The molecule has 0 spiro atoms. The zero-order chi connectivity index (χ0) is 16.7. The number of rotatable bonds is 6. The molecule has 1 amide bonds. The van der Waals surface area contributed by atoms with E-state index in [1.807, 2.05) is 0 Å². The van der Waals surface area contributed by atoms with Crippen molar-refractivity contribution in [2.45, 2.75) is 0 Å². The third-order valence-electron chi connectivity index (χ3n) is 2.84. The van der Waals surface area contributed by atoms with Gasteiger partial charge in [-0.15, -0.1) is 0 Å². The Morgan fingerprint density at radius 1 is 1.22 bits per heavy atom. The van der Waals surface area contributed by atoms with Crippen LogP contribution in [-0.2, 0) is 0 Å². The fourth-order valence-corrected chi connectivity index (χ4v) is 2.06. The maximum absolute atomic E-state index is 12.0. The van der Waals surface area contributed by atoms with Gasteiger partial charge in [-0.05, 0) is 30.3 Å². The van der Waals surface area contributed by atoms with Gasteiger partial charge >= 0.3 is 0 Å². The first-order valence-electron chi connectivity index (χ1n) is 6.73. The normalized spacial score (nSPS) is 10.5. The molecule has 6 heteroatoms. The molecule has 0 aliphatic heterocycles. The summed E-state index contributed by atoms with van der Waals surface area (Å²) in [6.07, 6.45) is 3.09. The summed E-state index contributed by atoms with van der Waals surface area (Å²) >= 11 is 11.9. The Bertz CT molecular complexity index is 728. The zero-order valence-electron chi connectivity index (χ0n) is 12.1. The molecule has 0 atom stereocenters. The summed E-state index contributed by atoms with van der Waals surface area (Å²) in [5, 5.41) is 4.69. The largest absolute Gasteiger partial charge is 0.490 e. The smallest absolute Gasteiger partial charge is 0.271 e. The van der Waals surface area contributed by atoms with Crippen LogP contribution in [0.5, 0.6) is 5.75 Å². The van der Waals surface area contributed by atoms with E-state index in [1.54, 1.807) is 48.5 Å². The summed E-state index contributed by atoms with van der Waals surface area (Å²) in [4.78, 5) is 12.0. The first kappa shape index (κ1) is 17.1. The summed E-state index contributed by atoms with van der Waals surface area (Å²) in [5.41, 5.74) is 3.51. The van der Waals surface area contributed by atoms with Crippen molar-refractivity contribution in [1.29, 1.82) is 0 Å². The molecular weight excluding hydrogens is 335 g/mol. The lowest BCUT2D eigenvalue weighted by molar-refractivity contribution is 0.0955. The van der Waals surface area contributed by atoms with E-state index in [-0.39, 0.29) is 5.91 Å². The lowest BCUT2D eigenvalue weighted by atomic mass is 10.2. The van der Waals surface area contributed by atoms with E-state index in [2.05, 4.69) is 17.1 Å². The van der Waals surface area contributed by atoms with Crippen molar-refractivity contribution in [2.75, 3.05) is 6.61 Å². The fraction of sp³-hybridized carbons (Fsp3) is 0.0588. The van der Waals surface area contributed by atoms with E-state index in [0.717, 1.165) is 0 Å². The van der Waals surface area contributed by atoms with Gasteiger partial charge in [-0.1, -0.05) is 48.0 Å². The molecule has 0 saturated heterocycles. The van der Waals surface area contributed by atoms with Gasteiger partial charge in [-0.25, -0.2) is 5.43 Å². The number of amides is 1. The van der Waals surface area contributed by atoms with Crippen molar-refractivity contribution in [3.05, 3.63) is 76.3 Å². The van der Waals surface area contributed by atoms with Gasteiger partial charge in [0.25, 0.3) is 5.91 Å². The summed E-state index contributed by atoms with van der Waals surface area (Å²) in [7, 11) is 0. The van der Waals surface area contributed by atoms with Gasteiger partial charge in [0.05, 0.1) is 16.3 Å². The topological polar surface area (TPSA) is 50.7 Å². The molecule has 0 radical (unpaired) electrons. The molecule has 4 nitrogen and oxygen atoms in total. The Hall–Kier alpha value is -2.30. The van der Waals surface area contributed by atoms with Crippen LogP contribution in [0.1, 0.15) is 15.9 Å². The predicted octanol–water partition coefficient (Wildman–Crippen LogP) is 4.32. The Kier molecular flexibility index (Phi) is 6.20. The van der Waals surface area contributed by atoms with Crippen molar-refractivity contribution in [3.8, 4) is 5.75 Å². The second-order valence-corrected chi connectivity index (χ2v) is 5.25. The van der Waals surface area contributed by atoms with Crippen LogP contribution in [0.25, 0.3) is 0 Å². The van der Waals surface area contributed by atoms with Gasteiger partial charge in [-0.2, -0.15) is 5.10 Å². The van der Waals surface area contributed by atoms with Crippen LogP contribution in [0.15, 0.2) is 60.2 Å². The molecule has 0 heterocycles. The van der Waals surface area contributed by atoms with Gasteiger partial charge < -0.3 is 4.74 Å². The molecule has 118 valence electrons. The van der Waals surface area contributed by atoms with E-state index in [4.69, 9.17) is 27.9 Å². The zero-order valence-corrected chi connectivity index (χ0v) is 13.6. The number of benzene rings is 2. The van der Waals surface area contributed by atoms with E-state index in [0.29, 0.717) is 33.5 Å². The van der Waals surface area contributed by atoms with E-state index in [9.17, 15) is 4.79 Å². The van der Waals surface area contributed by atoms with Crippen molar-refractivity contribution in [2.24, 2.45) is 5.10 Å². The molecule has 0 fully saturated rings. The number of carbonyl (C=O) groups excluding carboxylic acids is 1. The summed E-state index contributed by atoms with van der Waals surface area (Å²) in [6.45, 7) is 3.98. The quantitative estimate of drug-likeness (QED) is 0.480. The van der Waals surface area contributed by atoms with Gasteiger partial charge in [0, 0.05) is 11.1 Å². The Labute approximate surface area is 144 Å². The van der Waals surface area contributed by atoms with E-state index < -0.39 is 0 Å². The number of halogens is 2. The highest BCUT2D eigenvalue weighted by Gasteiger charge is 2.05. The number of hydrazone groups is 1. The van der Waals surface area contributed by atoms with E-state index >= 15 is 0 Å². The third kappa shape index (κ3) is 4.84. The van der Waals surface area contributed by atoms with Crippen LogP contribution in [0.2, 0.25) is 10.0 Å². The van der Waals surface area contributed by atoms with E-state index in [1.165, 1.54) is 6.21 Å². The van der Waals surface area contributed by atoms with Crippen molar-refractivity contribution in [3.63, 3.8) is 0 Å². The molecule has 23 heavy (non-hydrogen) atoms. The molecular formula is C17H14Cl2N2O2. The number of carbonyl (C=O) groups is 1. The minimum Gasteiger partial charge on any atom is -0.490 e. The molecule has 1 N–H and O–H groups in total. The first-order valence-corrected chi connectivity index (χ1v) is 7.48. The van der Waals surface area contributed by atoms with Crippen LogP contribution >= 0.6 is 23.2 Å². The average Bonchev–Trinajstić information content (AvgIpc) is 2.57. The van der Waals surface area contributed by atoms with Gasteiger partial charge in [0.1, 0.15) is 12.4 Å². The Morgan fingerprint density at radius 3 is 2.65 bits per heavy atom. The number of nitrogens with one attached hydrogen (secondary N) is 1. The second kappa shape index (κ2) is 8.36. The highest BCUT2D eigenvalue weighted by Crippen LogP contribution is 2.24. The molecule has 2 aromatic carbocycles. The standard InChI is InChI=1S/C17H14Cl2N2O2/c1-2-10-23-14-8-6-12(7-9-14)17(22)21-20-11-13-4-3-5-15(18)16(13)19/h2-9,11H,1,10H2,(H,21,22)/b20-11+. The molecule has 2 rings (SSSR count). The number of hydrogen-bond donors (Lipinski definition) is 1. The second-order valence-electron chi connectivity index (χ2n) is 4.47. The summed E-state index contributed by atoms with van der Waals surface area (Å²) < 4.78 is 5.35. The maximum atomic E-state index is 12.0.